The van der Waals surface area contributed by atoms with E-state index in [0.717, 1.165) is 25.7 Å². The first kappa shape index (κ1) is 20.9. The number of hydrogen-bond donors (Lipinski definition) is 0. The molecule has 5 heteroatoms. The van der Waals surface area contributed by atoms with Gasteiger partial charge in [-0.25, -0.2) is 0 Å². The van der Waals surface area contributed by atoms with Gasteiger partial charge in [0.05, 0.1) is 13.5 Å². The van der Waals surface area contributed by atoms with Crippen LogP contribution in [0.2, 0.25) is 0 Å². The van der Waals surface area contributed by atoms with Crippen LogP contribution in [0.4, 0.5) is 0 Å². The Labute approximate surface area is 150 Å². The highest BCUT2D eigenvalue weighted by molar-refractivity contribution is 5.97. The number of nitrogens with zero attached hydrogens (tertiary/aromatic N) is 1. The molecule has 0 radical (unpaired) electrons. The van der Waals surface area contributed by atoms with E-state index in [0.29, 0.717) is 18.7 Å². The van der Waals surface area contributed by atoms with E-state index in [-0.39, 0.29) is 36.9 Å². The number of carbonyl (C=O) groups excluding carboxylic acids is 3. The van der Waals surface area contributed by atoms with Gasteiger partial charge in [0.25, 0.3) is 0 Å². The Hall–Kier alpha value is -2.17. The predicted octanol–water partition coefficient (Wildman–Crippen LogP) is 3.62. The van der Waals surface area contributed by atoms with E-state index in [2.05, 4.69) is 11.7 Å². The second-order valence-electron chi connectivity index (χ2n) is 6.06. The molecule has 0 aliphatic heterocycles. The summed E-state index contributed by atoms with van der Waals surface area (Å²) in [6.45, 7) is 3.10. The molecule has 0 spiro atoms. The molecule has 0 unspecified atom stereocenters. The molecule has 25 heavy (non-hydrogen) atoms. The summed E-state index contributed by atoms with van der Waals surface area (Å²) in [5.74, 6) is -0.441. The maximum absolute atomic E-state index is 12.5. The quantitative estimate of drug-likeness (QED) is 0.329. The number of Topliss-reactive ketones (excluding diaryl/α,β-unsaturated/α-hetero) is 1. The molecular weight excluding hydrogens is 318 g/mol. The molecule has 0 bridgehead atoms. The normalized spacial score (nSPS) is 10.3. The summed E-state index contributed by atoms with van der Waals surface area (Å²) in [5.41, 5.74) is 0.624. The summed E-state index contributed by atoms with van der Waals surface area (Å²) in [4.78, 5) is 37.6. The minimum atomic E-state index is -0.327. The number of methoxy groups -OCH3 is 1. The third kappa shape index (κ3) is 8.47. The number of ketones is 1. The van der Waals surface area contributed by atoms with E-state index in [1.54, 1.807) is 17.0 Å². The number of benzene rings is 1. The van der Waals surface area contributed by atoms with E-state index in [9.17, 15) is 14.4 Å². The Bertz CT molecular complexity index is 542. The fourth-order valence-corrected chi connectivity index (χ4v) is 2.57. The van der Waals surface area contributed by atoms with Gasteiger partial charge in [-0.2, -0.15) is 0 Å². The Balaban J connectivity index is 2.51. The van der Waals surface area contributed by atoms with Crippen LogP contribution in [0.1, 0.15) is 62.2 Å². The number of esters is 1. The fraction of sp³-hybridized carbons (Fsp3) is 0.550. The van der Waals surface area contributed by atoms with E-state index >= 15 is 0 Å². The molecule has 1 rings (SSSR count). The van der Waals surface area contributed by atoms with Gasteiger partial charge in [0, 0.05) is 31.5 Å². The lowest BCUT2D eigenvalue weighted by Gasteiger charge is -2.22. The average Bonchev–Trinajstić information content (AvgIpc) is 2.65. The summed E-state index contributed by atoms with van der Waals surface area (Å²) in [6.07, 6.45) is 4.76. The molecule has 0 fully saturated rings. The number of carbonyl (C=O) groups is 3. The van der Waals surface area contributed by atoms with Crippen LogP contribution < -0.4 is 0 Å². The third-order valence-corrected chi connectivity index (χ3v) is 4.11. The van der Waals surface area contributed by atoms with Gasteiger partial charge in [-0.3, -0.25) is 14.4 Å². The third-order valence-electron chi connectivity index (χ3n) is 4.11. The molecule has 138 valence electrons. The van der Waals surface area contributed by atoms with Crippen LogP contribution in [-0.4, -0.2) is 42.8 Å². The Morgan fingerprint density at radius 3 is 2.28 bits per heavy atom. The second-order valence-corrected chi connectivity index (χ2v) is 6.06. The van der Waals surface area contributed by atoms with Gasteiger partial charge in [0.1, 0.15) is 0 Å². The Morgan fingerprint density at radius 2 is 1.64 bits per heavy atom. The largest absolute Gasteiger partial charge is 0.469 e. The van der Waals surface area contributed by atoms with Crippen molar-refractivity contribution in [3.8, 4) is 0 Å². The SMILES string of the molecule is CCCCCCN(CCC(=O)OC)C(=O)CCC(=O)c1ccccc1. The molecule has 0 aromatic heterocycles. The molecule has 0 aliphatic carbocycles. The molecule has 1 aromatic carbocycles. The first-order valence-corrected chi connectivity index (χ1v) is 9.01. The predicted molar refractivity (Wildman–Crippen MR) is 97.4 cm³/mol. The molecular formula is C20H29NO4. The first-order chi connectivity index (χ1) is 12.1. The van der Waals surface area contributed by atoms with E-state index in [4.69, 9.17) is 0 Å². The van der Waals surface area contributed by atoms with Crippen molar-refractivity contribution in [2.24, 2.45) is 0 Å². The highest BCUT2D eigenvalue weighted by Crippen LogP contribution is 2.09. The topological polar surface area (TPSA) is 63.7 Å². The monoisotopic (exact) mass is 347 g/mol. The van der Waals surface area contributed by atoms with E-state index in [1.807, 2.05) is 18.2 Å². The van der Waals surface area contributed by atoms with Gasteiger partial charge in [-0.05, 0) is 6.42 Å². The average molecular weight is 347 g/mol. The van der Waals surface area contributed by atoms with Crippen molar-refractivity contribution >= 4 is 17.7 Å². The molecule has 0 N–H and O–H groups in total. The second kappa shape index (κ2) is 12.2. The van der Waals surface area contributed by atoms with E-state index in [1.165, 1.54) is 7.11 Å². The number of rotatable bonds is 12. The number of hydrogen-bond acceptors (Lipinski definition) is 4. The summed E-state index contributed by atoms with van der Waals surface area (Å²) >= 11 is 0. The van der Waals surface area contributed by atoms with Gasteiger partial charge >= 0.3 is 5.97 Å². The molecule has 0 heterocycles. The summed E-state index contributed by atoms with van der Waals surface area (Å²) < 4.78 is 4.65. The first-order valence-electron chi connectivity index (χ1n) is 9.01. The van der Waals surface area contributed by atoms with Crippen LogP contribution >= 0.6 is 0 Å². The van der Waals surface area contributed by atoms with Crippen molar-refractivity contribution in [2.75, 3.05) is 20.2 Å². The lowest BCUT2D eigenvalue weighted by Crippen LogP contribution is -2.34. The number of amides is 1. The molecule has 5 nitrogen and oxygen atoms in total. The minimum Gasteiger partial charge on any atom is -0.469 e. The maximum atomic E-state index is 12.5. The van der Waals surface area contributed by atoms with Crippen molar-refractivity contribution in [1.82, 2.24) is 4.90 Å². The fourth-order valence-electron chi connectivity index (χ4n) is 2.57. The Kier molecular flexibility index (Phi) is 10.2. The van der Waals surface area contributed by atoms with Gasteiger partial charge in [-0.1, -0.05) is 56.5 Å². The van der Waals surface area contributed by atoms with Crippen LogP contribution in [-0.2, 0) is 14.3 Å². The smallest absolute Gasteiger partial charge is 0.307 e. The highest BCUT2D eigenvalue weighted by atomic mass is 16.5. The van der Waals surface area contributed by atoms with Crippen molar-refractivity contribution < 1.29 is 19.1 Å². The number of unbranched alkanes of at least 4 members (excludes halogenated alkanes) is 3. The van der Waals surface area contributed by atoms with Crippen LogP contribution in [0.5, 0.6) is 0 Å². The lowest BCUT2D eigenvalue weighted by atomic mass is 10.1. The van der Waals surface area contributed by atoms with Crippen molar-refractivity contribution in [2.45, 2.75) is 51.9 Å². The number of ether oxygens (including phenoxy) is 1. The summed E-state index contributed by atoms with van der Waals surface area (Å²) in [7, 11) is 1.34. The van der Waals surface area contributed by atoms with Gasteiger partial charge in [0.15, 0.2) is 5.78 Å². The van der Waals surface area contributed by atoms with Crippen LogP contribution in [0.3, 0.4) is 0 Å². The lowest BCUT2D eigenvalue weighted by molar-refractivity contribution is -0.141. The van der Waals surface area contributed by atoms with Crippen molar-refractivity contribution in [3.63, 3.8) is 0 Å². The minimum absolute atomic E-state index is 0.0344. The molecule has 1 aromatic rings. The van der Waals surface area contributed by atoms with Gasteiger partial charge < -0.3 is 9.64 Å². The maximum Gasteiger partial charge on any atom is 0.307 e. The molecule has 0 saturated carbocycles. The van der Waals surface area contributed by atoms with E-state index < -0.39 is 0 Å². The molecule has 0 aliphatic rings. The zero-order valence-corrected chi connectivity index (χ0v) is 15.3. The van der Waals surface area contributed by atoms with Crippen LogP contribution in [0.15, 0.2) is 30.3 Å². The van der Waals surface area contributed by atoms with Gasteiger partial charge in [-0.15, -0.1) is 0 Å². The zero-order valence-electron chi connectivity index (χ0n) is 15.3. The molecule has 0 atom stereocenters. The molecule has 0 saturated heterocycles. The zero-order chi connectivity index (χ0) is 18.5. The van der Waals surface area contributed by atoms with Gasteiger partial charge in [0.2, 0.25) is 5.91 Å². The highest BCUT2D eigenvalue weighted by Gasteiger charge is 2.17. The van der Waals surface area contributed by atoms with Crippen LogP contribution in [0.25, 0.3) is 0 Å². The van der Waals surface area contributed by atoms with Crippen LogP contribution in [0, 0.1) is 0 Å². The van der Waals surface area contributed by atoms with Crippen molar-refractivity contribution in [3.05, 3.63) is 35.9 Å². The summed E-state index contributed by atoms with van der Waals surface area (Å²) in [5, 5.41) is 0. The Morgan fingerprint density at radius 1 is 0.920 bits per heavy atom. The standard InChI is InChI=1S/C20H29NO4/c1-3-4-5-9-15-21(16-14-20(24)25-2)19(23)13-12-18(22)17-10-7-6-8-11-17/h6-8,10-11H,3-5,9,12-16H2,1-2H3. The van der Waals surface area contributed by atoms with Crippen molar-refractivity contribution in [1.29, 1.82) is 0 Å². The molecule has 1 amide bonds. The summed E-state index contributed by atoms with van der Waals surface area (Å²) in [6, 6.07) is 8.99.